The fraction of sp³-hybridized carbons (Fsp3) is 0.385. The van der Waals surface area contributed by atoms with E-state index in [-0.39, 0.29) is 17.1 Å². The molecule has 0 spiro atoms. The van der Waals surface area contributed by atoms with Gasteiger partial charge in [-0.05, 0) is 18.2 Å². The third-order valence-corrected chi connectivity index (χ3v) is 4.30. The van der Waals surface area contributed by atoms with Crippen molar-refractivity contribution in [3.63, 3.8) is 0 Å². The minimum Gasteiger partial charge on any atom is -0.325 e. The Kier molecular flexibility index (Phi) is 5.75. The van der Waals surface area contributed by atoms with E-state index < -0.39 is 39.1 Å². The van der Waals surface area contributed by atoms with Crippen LogP contribution in [0.1, 0.15) is 19.4 Å². The molecule has 0 radical (unpaired) electrons. The minimum absolute atomic E-state index is 0.0623. The van der Waals surface area contributed by atoms with Crippen LogP contribution in [-0.2, 0) is 25.6 Å². The van der Waals surface area contributed by atoms with Gasteiger partial charge < -0.3 is 10.6 Å². The van der Waals surface area contributed by atoms with E-state index in [9.17, 15) is 31.2 Å². The van der Waals surface area contributed by atoms with E-state index in [4.69, 9.17) is 0 Å². The topological polar surface area (TPSA) is 92.3 Å². The third-order valence-electron chi connectivity index (χ3n) is 2.72. The SMILES string of the molecule is CCS(=O)(=O)CC(=O)Nc1cc(C(F)(F)F)ccc1NC(C)=O. The van der Waals surface area contributed by atoms with Crippen molar-refractivity contribution in [1.82, 2.24) is 0 Å². The average molecular weight is 352 g/mol. The van der Waals surface area contributed by atoms with Crippen LogP contribution in [-0.4, -0.2) is 31.7 Å². The highest BCUT2D eigenvalue weighted by molar-refractivity contribution is 7.92. The number of amides is 2. The highest BCUT2D eigenvalue weighted by Crippen LogP contribution is 2.34. The van der Waals surface area contributed by atoms with Crippen molar-refractivity contribution in [2.24, 2.45) is 0 Å². The van der Waals surface area contributed by atoms with E-state index in [1.807, 2.05) is 0 Å². The van der Waals surface area contributed by atoms with E-state index in [0.717, 1.165) is 19.1 Å². The Bertz CT molecular complexity index is 714. The first-order valence-corrected chi connectivity index (χ1v) is 8.26. The Morgan fingerprint density at radius 2 is 1.74 bits per heavy atom. The predicted octanol–water partition coefficient (Wildman–Crippen LogP) is 2.04. The van der Waals surface area contributed by atoms with Crippen LogP contribution in [0.15, 0.2) is 18.2 Å². The predicted molar refractivity (Wildman–Crippen MR) is 78.7 cm³/mol. The zero-order valence-corrected chi connectivity index (χ0v) is 13.1. The van der Waals surface area contributed by atoms with Crippen molar-refractivity contribution >= 4 is 33.0 Å². The lowest BCUT2D eigenvalue weighted by molar-refractivity contribution is -0.137. The van der Waals surface area contributed by atoms with Gasteiger partial charge in [0.1, 0.15) is 5.75 Å². The van der Waals surface area contributed by atoms with Gasteiger partial charge in [-0.2, -0.15) is 13.2 Å². The summed E-state index contributed by atoms with van der Waals surface area (Å²) in [6, 6.07) is 2.35. The number of sulfone groups is 1. The highest BCUT2D eigenvalue weighted by Gasteiger charge is 2.31. The molecule has 128 valence electrons. The van der Waals surface area contributed by atoms with Crippen LogP contribution in [0.4, 0.5) is 24.5 Å². The third kappa shape index (κ3) is 5.89. The monoisotopic (exact) mass is 352 g/mol. The Labute approximate surface area is 131 Å². The quantitative estimate of drug-likeness (QED) is 0.848. The van der Waals surface area contributed by atoms with Crippen LogP contribution in [0.2, 0.25) is 0 Å². The number of halogens is 3. The number of nitrogens with one attached hydrogen (secondary N) is 2. The van der Waals surface area contributed by atoms with E-state index >= 15 is 0 Å². The molecule has 0 bridgehead atoms. The van der Waals surface area contributed by atoms with Gasteiger partial charge in [0.15, 0.2) is 9.84 Å². The van der Waals surface area contributed by atoms with Gasteiger partial charge in [0.05, 0.1) is 16.9 Å². The van der Waals surface area contributed by atoms with Crippen molar-refractivity contribution in [2.75, 3.05) is 22.1 Å². The van der Waals surface area contributed by atoms with Crippen LogP contribution >= 0.6 is 0 Å². The molecule has 0 saturated carbocycles. The van der Waals surface area contributed by atoms with Crippen LogP contribution in [0.3, 0.4) is 0 Å². The second kappa shape index (κ2) is 6.99. The lowest BCUT2D eigenvalue weighted by Crippen LogP contribution is -2.25. The second-order valence-corrected chi connectivity index (χ2v) is 7.02. The van der Waals surface area contributed by atoms with Gasteiger partial charge in [-0.1, -0.05) is 6.92 Å². The molecular weight excluding hydrogens is 337 g/mol. The Hall–Kier alpha value is -2.10. The summed E-state index contributed by atoms with van der Waals surface area (Å²) in [5, 5.41) is 4.35. The summed E-state index contributed by atoms with van der Waals surface area (Å²) < 4.78 is 60.9. The minimum atomic E-state index is -4.65. The van der Waals surface area contributed by atoms with Crippen LogP contribution in [0.25, 0.3) is 0 Å². The molecule has 0 unspecified atom stereocenters. The zero-order valence-electron chi connectivity index (χ0n) is 12.3. The molecule has 2 amide bonds. The fourth-order valence-corrected chi connectivity index (χ4v) is 2.29. The van der Waals surface area contributed by atoms with Crippen molar-refractivity contribution in [3.05, 3.63) is 23.8 Å². The summed E-state index contributed by atoms with van der Waals surface area (Å²) >= 11 is 0. The molecule has 0 aliphatic rings. The van der Waals surface area contributed by atoms with Crippen LogP contribution < -0.4 is 10.6 Å². The molecule has 1 aromatic rings. The Balaban J connectivity index is 3.14. The lowest BCUT2D eigenvalue weighted by Gasteiger charge is -2.14. The van der Waals surface area contributed by atoms with E-state index in [0.29, 0.717) is 6.07 Å². The molecule has 0 aliphatic heterocycles. The number of carbonyl (C=O) groups is 2. The van der Waals surface area contributed by atoms with E-state index in [1.54, 1.807) is 0 Å². The van der Waals surface area contributed by atoms with Gasteiger partial charge in [0.25, 0.3) is 0 Å². The van der Waals surface area contributed by atoms with Crippen molar-refractivity contribution in [3.8, 4) is 0 Å². The molecule has 10 heteroatoms. The summed E-state index contributed by atoms with van der Waals surface area (Å²) in [6.45, 7) is 2.49. The molecular formula is C13H15F3N2O4S. The Morgan fingerprint density at radius 1 is 1.13 bits per heavy atom. The summed E-state index contributed by atoms with van der Waals surface area (Å²) in [6.07, 6.45) is -4.65. The molecule has 1 aromatic carbocycles. The van der Waals surface area contributed by atoms with Gasteiger partial charge in [-0.3, -0.25) is 9.59 Å². The summed E-state index contributed by atoms with van der Waals surface area (Å²) in [5.41, 5.74) is -1.43. The standard InChI is InChI=1S/C13H15F3N2O4S/c1-3-23(21,22)7-12(20)18-11-6-9(13(14,15)16)4-5-10(11)17-8(2)19/h4-6H,3,7H2,1-2H3,(H,17,19)(H,18,20). The smallest absolute Gasteiger partial charge is 0.325 e. The largest absolute Gasteiger partial charge is 0.416 e. The van der Waals surface area contributed by atoms with E-state index in [1.165, 1.54) is 6.92 Å². The van der Waals surface area contributed by atoms with Crippen LogP contribution in [0.5, 0.6) is 0 Å². The molecule has 23 heavy (non-hydrogen) atoms. The number of rotatable bonds is 5. The van der Waals surface area contributed by atoms with Gasteiger partial charge in [-0.25, -0.2) is 8.42 Å². The van der Waals surface area contributed by atoms with Crippen LogP contribution in [0, 0.1) is 0 Å². The first kappa shape index (κ1) is 18.9. The molecule has 1 rings (SSSR count). The first-order valence-electron chi connectivity index (χ1n) is 6.43. The van der Waals surface area contributed by atoms with Gasteiger partial charge >= 0.3 is 6.18 Å². The molecule has 0 heterocycles. The zero-order chi connectivity index (χ0) is 17.8. The lowest BCUT2D eigenvalue weighted by atomic mass is 10.1. The van der Waals surface area contributed by atoms with E-state index in [2.05, 4.69) is 10.6 Å². The van der Waals surface area contributed by atoms with Gasteiger partial charge in [0.2, 0.25) is 11.8 Å². The van der Waals surface area contributed by atoms with Gasteiger partial charge in [-0.15, -0.1) is 0 Å². The van der Waals surface area contributed by atoms with Gasteiger partial charge in [0, 0.05) is 12.7 Å². The number of hydrogen-bond acceptors (Lipinski definition) is 4. The summed E-state index contributed by atoms with van der Waals surface area (Å²) in [7, 11) is -3.63. The van der Waals surface area contributed by atoms with Crippen molar-refractivity contribution < 1.29 is 31.2 Å². The normalized spacial score (nSPS) is 11.9. The average Bonchev–Trinajstić information content (AvgIpc) is 2.38. The molecule has 0 saturated heterocycles. The number of hydrogen-bond donors (Lipinski definition) is 2. The maximum atomic E-state index is 12.7. The molecule has 2 N–H and O–H groups in total. The molecule has 0 aromatic heterocycles. The van der Waals surface area contributed by atoms with Crippen molar-refractivity contribution in [1.29, 1.82) is 0 Å². The molecule has 0 fully saturated rings. The fourth-order valence-electron chi connectivity index (χ4n) is 1.61. The maximum absolute atomic E-state index is 12.7. The van der Waals surface area contributed by atoms with Crippen molar-refractivity contribution in [2.45, 2.75) is 20.0 Å². The first-order chi connectivity index (χ1) is 10.4. The number of benzene rings is 1. The second-order valence-electron chi connectivity index (χ2n) is 4.66. The molecule has 0 aliphatic carbocycles. The summed E-state index contributed by atoms with van der Waals surface area (Å²) in [4.78, 5) is 22.8. The maximum Gasteiger partial charge on any atom is 0.416 e. The molecule has 0 atom stereocenters. The highest BCUT2D eigenvalue weighted by atomic mass is 32.2. The molecule has 6 nitrogen and oxygen atoms in total. The number of alkyl halides is 3. The summed E-state index contributed by atoms with van der Waals surface area (Å²) in [5.74, 6) is -2.68. The number of anilines is 2. The Morgan fingerprint density at radius 3 is 2.22 bits per heavy atom. The number of carbonyl (C=O) groups excluding carboxylic acids is 2.